The Labute approximate surface area is 120 Å². The summed E-state index contributed by atoms with van der Waals surface area (Å²) >= 11 is 0. The lowest BCUT2D eigenvalue weighted by molar-refractivity contribution is -0.117. The van der Waals surface area contributed by atoms with Crippen LogP contribution in [0.5, 0.6) is 0 Å². The maximum Gasteiger partial charge on any atom is -0.0266 e. The van der Waals surface area contributed by atoms with Crippen LogP contribution in [0, 0.1) is 34.0 Å². The van der Waals surface area contributed by atoms with Gasteiger partial charge in [-0.3, -0.25) is 0 Å². The van der Waals surface area contributed by atoms with E-state index in [0.29, 0.717) is 16.2 Å². The van der Waals surface area contributed by atoms with Crippen molar-refractivity contribution in [2.75, 3.05) is 0 Å². The lowest BCUT2D eigenvalue weighted by Gasteiger charge is -2.62. The summed E-state index contributed by atoms with van der Waals surface area (Å²) in [7, 11) is 0. The minimum absolute atomic E-state index is 0.567. The average molecular weight is 262 g/mol. The van der Waals surface area contributed by atoms with E-state index in [1.807, 2.05) is 0 Å². The third-order valence-corrected chi connectivity index (χ3v) is 8.21. The Morgan fingerprint density at radius 2 is 1.53 bits per heavy atom. The van der Waals surface area contributed by atoms with Gasteiger partial charge in [0, 0.05) is 0 Å². The van der Waals surface area contributed by atoms with Crippen LogP contribution in [-0.4, -0.2) is 0 Å². The molecule has 0 aliphatic heterocycles. The summed E-state index contributed by atoms with van der Waals surface area (Å²) in [5.74, 6) is 2.97. The molecule has 3 unspecified atom stereocenters. The van der Waals surface area contributed by atoms with Gasteiger partial charge in [0.2, 0.25) is 0 Å². The van der Waals surface area contributed by atoms with Crippen LogP contribution in [0.1, 0.15) is 86.0 Å². The molecule has 0 saturated heterocycles. The van der Waals surface area contributed by atoms with Gasteiger partial charge in [-0.25, -0.2) is 0 Å². The Kier molecular flexibility index (Phi) is 3.12. The monoisotopic (exact) mass is 262 g/mol. The first-order chi connectivity index (χ1) is 8.78. The van der Waals surface area contributed by atoms with E-state index in [1.165, 1.54) is 44.9 Å². The van der Waals surface area contributed by atoms with E-state index in [9.17, 15) is 0 Å². The maximum absolute atomic E-state index is 2.58. The number of rotatable bonds is 0. The quantitative estimate of drug-likeness (QED) is 0.498. The highest BCUT2D eigenvalue weighted by atomic mass is 14.6. The summed E-state index contributed by atoms with van der Waals surface area (Å²) < 4.78 is 0. The number of hydrogen-bond acceptors (Lipinski definition) is 0. The molecule has 0 aromatic rings. The molecule has 0 heterocycles. The van der Waals surface area contributed by atoms with Crippen LogP contribution in [0.3, 0.4) is 0 Å². The van der Waals surface area contributed by atoms with E-state index in [0.717, 1.165) is 17.8 Å². The number of fused-ring (bicyclic) bond motifs is 2. The molecule has 3 atom stereocenters. The summed E-state index contributed by atoms with van der Waals surface area (Å²) in [6.07, 6.45) is 12.1. The minimum atomic E-state index is 0.567. The molecule has 4 saturated carbocycles. The van der Waals surface area contributed by atoms with Gasteiger partial charge in [-0.2, -0.15) is 0 Å². The lowest BCUT2D eigenvalue weighted by Crippen LogP contribution is -2.52. The van der Waals surface area contributed by atoms with Crippen molar-refractivity contribution in [2.45, 2.75) is 86.0 Å². The molecule has 4 fully saturated rings. The van der Waals surface area contributed by atoms with Gasteiger partial charge in [-0.15, -0.1) is 0 Å². The van der Waals surface area contributed by atoms with Gasteiger partial charge >= 0.3 is 0 Å². The predicted molar refractivity (Wildman–Crippen MR) is 83.1 cm³/mol. The van der Waals surface area contributed by atoms with Crippen molar-refractivity contribution in [3.63, 3.8) is 0 Å². The molecule has 1 spiro atoms. The van der Waals surface area contributed by atoms with E-state index >= 15 is 0 Å². The molecule has 0 heteroatoms. The van der Waals surface area contributed by atoms with Crippen LogP contribution in [0.15, 0.2) is 0 Å². The van der Waals surface area contributed by atoms with Crippen molar-refractivity contribution in [1.29, 1.82) is 0 Å². The molecule has 110 valence electrons. The summed E-state index contributed by atoms with van der Waals surface area (Å²) in [5.41, 5.74) is 1.93. The van der Waals surface area contributed by atoms with Crippen LogP contribution in [0.2, 0.25) is 0 Å². The Morgan fingerprint density at radius 1 is 0.842 bits per heavy atom. The van der Waals surface area contributed by atoms with Crippen molar-refractivity contribution in [3.05, 3.63) is 0 Å². The summed E-state index contributed by atoms with van der Waals surface area (Å²) in [6, 6.07) is 0. The first-order valence-corrected chi connectivity index (χ1v) is 8.78. The maximum atomic E-state index is 2.58. The molecule has 0 radical (unpaired) electrons. The van der Waals surface area contributed by atoms with E-state index in [4.69, 9.17) is 0 Å². The Bertz CT molecular complexity index is 347. The second-order valence-electron chi connectivity index (χ2n) is 9.44. The molecule has 0 aromatic heterocycles. The van der Waals surface area contributed by atoms with E-state index in [2.05, 4.69) is 34.6 Å². The fraction of sp³-hybridized carbons (Fsp3) is 1.00. The van der Waals surface area contributed by atoms with Crippen molar-refractivity contribution in [1.82, 2.24) is 0 Å². The summed E-state index contributed by atoms with van der Waals surface area (Å²) in [6.45, 7) is 12.8. The average Bonchev–Trinajstić information content (AvgIpc) is 2.30. The van der Waals surface area contributed by atoms with Gasteiger partial charge in [0.15, 0.2) is 0 Å². The number of hydrogen-bond donors (Lipinski definition) is 0. The van der Waals surface area contributed by atoms with Crippen LogP contribution < -0.4 is 0 Å². The molecular weight excluding hydrogens is 228 g/mol. The molecule has 0 aromatic carbocycles. The lowest BCUT2D eigenvalue weighted by atomic mass is 9.43. The zero-order valence-electron chi connectivity index (χ0n) is 13.9. The molecule has 0 N–H and O–H groups in total. The van der Waals surface area contributed by atoms with E-state index < -0.39 is 0 Å². The van der Waals surface area contributed by atoms with Crippen LogP contribution in [0.4, 0.5) is 0 Å². The zero-order chi connectivity index (χ0) is 13.9. The fourth-order valence-corrected chi connectivity index (χ4v) is 5.95. The molecule has 0 amide bonds. The third kappa shape index (κ3) is 2.00. The van der Waals surface area contributed by atoms with Crippen LogP contribution in [-0.2, 0) is 0 Å². The predicted octanol–water partition coefficient (Wildman–Crippen LogP) is 6.06. The molecule has 0 nitrogen and oxygen atoms in total. The van der Waals surface area contributed by atoms with Crippen molar-refractivity contribution >= 4 is 0 Å². The molecule has 2 bridgehead atoms. The van der Waals surface area contributed by atoms with Crippen molar-refractivity contribution in [3.8, 4) is 0 Å². The first kappa shape index (κ1) is 14.0. The van der Waals surface area contributed by atoms with Gasteiger partial charge in [0.1, 0.15) is 0 Å². The topological polar surface area (TPSA) is 0 Å². The van der Waals surface area contributed by atoms with Gasteiger partial charge in [0.25, 0.3) is 0 Å². The fourth-order valence-electron chi connectivity index (χ4n) is 5.95. The van der Waals surface area contributed by atoms with Gasteiger partial charge in [-0.05, 0) is 72.5 Å². The van der Waals surface area contributed by atoms with Crippen molar-refractivity contribution < 1.29 is 0 Å². The smallest absolute Gasteiger partial charge is 0.0266 e. The summed E-state index contributed by atoms with van der Waals surface area (Å²) in [4.78, 5) is 0. The highest BCUT2D eigenvalue weighted by Gasteiger charge is 2.56. The van der Waals surface area contributed by atoms with Crippen LogP contribution >= 0.6 is 0 Å². The molecule has 4 aliphatic rings. The highest BCUT2D eigenvalue weighted by Crippen LogP contribution is 2.66. The second kappa shape index (κ2) is 4.25. The van der Waals surface area contributed by atoms with Crippen LogP contribution in [0.25, 0.3) is 0 Å². The standard InChI is InChI=1S/C19H34/c1-14-7-6-8-19(15(14)2)10-9-17(3,4)18(5)11-16(12-18)13-19/h14-16H,6-13H2,1-5H3. The SMILES string of the molecule is CC1CCCC2(CCC(C)(C)C3(C)CC(C2)C3)C1C. The largest absolute Gasteiger partial charge is 0.0622 e. The van der Waals surface area contributed by atoms with E-state index in [-0.39, 0.29) is 0 Å². The Hall–Kier alpha value is 0. The van der Waals surface area contributed by atoms with Gasteiger partial charge in [0.05, 0.1) is 0 Å². The van der Waals surface area contributed by atoms with Gasteiger partial charge < -0.3 is 0 Å². The molecule has 19 heavy (non-hydrogen) atoms. The van der Waals surface area contributed by atoms with Crippen molar-refractivity contribution in [2.24, 2.45) is 34.0 Å². The normalized spacial score (nSPS) is 53.2. The second-order valence-corrected chi connectivity index (χ2v) is 9.44. The van der Waals surface area contributed by atoms with E-state index in [1.54, 1.807) is 6.42 Å². The molecule has 4 aliphatic carbocycles. The highest BCUT2D eigenvalue weighted by molar-refractivity contribution is 5.06. The Balaban J connectivity index is 1.85. The summed E-state index contributed by atoms with van der Waals surface area (Å²) in [5, 5.41) is 0. The van der Waals surface area contributed by atoms with Gasteiger partial charge in [-0.1, -0.05) is 47.5 Å². The molecule has 4 rings (SSSR count). The first-order valence-electron chi connectivity index (χ1n) is 8.78. The molecular formula is C19H34. The Morgan fingerprint density at radius 3 is 2.21 bits per heavy atom. The zero-order valence-corrected chi connectivity index (χ0v) is 13.9. The third-order valence-electron chi connectivity index (χ3n) is 8.21. The minimum Gasteiger partial charge on any atom is -0.0622 e.